The topological polar surface area (TPSA) is 93.5 Å². The van der Waals surface area contributed by atoms with Gasteiger partial charge in [-0.15, -0.1) is 0 Å². The van der Waals surface area contributed by atoms with Gasteiger partial charge in [0, 0.05) is 17.9 Å². The molecule has 6 nitrogen and oxygen atoms in total. The number of hydrogen-bond donors (Lipinski definition) is 3. The molecule has 0 aliphatic rings. The highest BCUT2D eigenvalue weighted by atomic mass is 16.5. The average molecular weight is 307 g/mol. The minimum atomic E-state index is -0.527. The number of nitrogens with one attached hydrogen (secondary N) is 2. The fourth-order valence-corrected chi connectivity index (χ4v) is 1.65. The highest BCUT2D eigenvalue weighted by molar-refractivity contribution is 6.01. The number of benzene rings is 1. The lowest BCUT2D eigenvalue weighted by molar-refractivity contribution is -0.123. The van der Waals surface area contributed by atoms with E-state index in [-0.39, 0.29) is 11.8 Å². The molecule has 1 aromatic rings. The molecule has 1 rings (SSSR count). The lowest BCUT2D eigenvalue weighted by atomic mass is 9.95. The number of rotatable bonds is 6. The summed E-state index contributed by atoms with van der Waals surface area (Å²) in [6, 6.07) is 5.12. The summed E-state index contributed by atoms with van der Waals surface area (Å²) in [5, 5.41) is 5.62. The number of anilines is 2. The molecule has 122 valence electrons. The second-order valence-corrected chi connectivity index (χ2v) is 6.06. The molecule has 0 heterocycles. The molecular formula is C16H25N3O3. The van der Waals surface area contributed by atoms with Gasteiger partial charge in [0.2, 0.25) is 11.8 Å². The van der Waals surface area contributed by atoms with Crippen LogP contribution in [0.25, 0.3) is 0 Å². The van der Waals surface area contributed by atoms with E-state index in [1.54, 1.807) is 25.3 Å². The number of nitrogens with two attached hydrogens (primary N) is 1. The maximum absolute atomic E-state index is 12.1. The van der Waals surface area contributed by atoms with E-state index >= 15 is 0 Å². The van der Waals surface area contributed by atoms with Crippen molar-refractivity contribution in [3.63, 3.8) is 0 Å². The quantitative estimate of drug-likeness (QED) is 0.752. The Morgan fingerprint density at radius 2 is 1.86 bits per heavy atom. The van der Waals surface area contributed by atoms with Crippen LogP contribution in [-0.4, -0.2) is 25.5 Å². The first kappa shape index (κ1) is 18.0. The Hall–Kier alpha value is -2.08. The summed E-state index contributed by atoms with van der Waals surface area (Å²) in [7, 11) is 1.54. The fraction of sp³-hybridized carbons (Fsp3) is 0.500. The summed E-state index contributed by atoms with van der Waals surface area (Å²) in [6.07, 6.45) is 0.944. The summed E-state index contributed by atoms with van der Waals surface area (Å²) in [5.41, 5.74) is 5.93. The van der Waals surface area contributed by atoms with Crippen molar-refractivity contribution in [3.05, 3.63) is 18.2 Å². The van der Waals surface area contributed by atoms with Gasteiger partial charge in [0.05, 0.1) is 18.5 Å². The minimum absolute atomic E-state index is 0.130. The Balaban J connectivity index is 2.96. The van der Waals surface area contributed by atoms with Gasteiger partial charge in [0.1, 0.15) is 5.75 Å². The molecule has 0 aliphatic heterocycles. The van der Waals surface area contributed by atoms with Crippen LogP contribution in [0, 0.1) is 5.41 Å². The SMILES string of the molecule is COc1ccc(NC(=O)C(C)(C)C)c(NC(=O)CCCN)c1. The standard InChI is InChI=1S/C16H25N3O3/c1-16(2,3)15(21)19-12-8-7-11(22-4)10-13(12)18-14(20)6-5-9-17/h7-8,10H,5-6,9,17H2,1-4H3,(H,18,20)(H,19,21). The molecule has 0 atom stereocenters. The predicted molar refractivity (Wildman–Crippen MR) is 88.0 cm³/mol. The monoisotopic (exact) mass is 307 g/mol. The first-order chi connectivity index (χ1) is 10.3. The van der Waals surface area contributed by atoms with Crippen molar-refractivity contribution >= 4 is 23.2 Å². The molecule has 0 aliphatic carbocycles. The summed E-state index contributed by atoms with van der Waals surface area (Å²) in [5.74, 6) is 0.322. The molecule has 0 aromatic heterocycles. The number of methoxy groups -OCH3 is 1. The maximum atomic E-state index is 12.1. The molecule has 0 saturated carbocycles. The summed E-state index contributed by atoms with van der Waals surface area (Å²) in [4.78, 5) is 24.0. The van der Waals surface area contributed by atoms with Gasteiger partial charge in [0.25, 0.3) is 0 Å². The van der Waals surface area contributed by atoms with Gasteiger partial charge in [-0.05, 0) is 25.1 Å². The normalized spacial score (nSPS) is 11.0. The Morgan fingerprint density at radius 1 is 1.18 bits per heavy atom. The van der Waals surface area contributed by atoms with Crippen LogP contribution >= 0.6 is 0 Å². The van der Waals surface area contributed by atoms with E-state index < -0.39 is 5.41 Å². The lowest BCUT2D eigenvalue weighted by Crippen LogP contribution is -2.28. The predicted octanol–water partition coefficient (Wildman–Crippen LogP) is 2.36. The maximum Gasteiger partial charge on any atom is 0.229 e. The zero-order valence-electron chi connectivity index (χ0n) is 13.7. The first-order valence-electron chi connectivity index (χ1n) is 7.27. The molecule has 22 heavy (non-hydrogen) atoms. The lowest BCUT2D eigenvalue weighted by Gasteiger charge is -2.20. The van der Waals surface area contributed by atoms with Crippen LogP contribution in [-0.2, 0) is 9.59 Å². The Kier molecular flexibility index (Phi) is 6.37. The highest BCUT2D eigenvalue weighted by Gasteiger charge is 2.22. The summed E-state index contributed by atoms with van der Waals surface area (Å²) in [6.45, 7) is 5.93. The molecular weight excluding hydrogens is 282 g/mol. The van der Waals surface area contributed by atoms with Crippen molar-refractivity contribution in [1.29, 1.82) is 0 Å². The van der Waals surface area contributed by atoms with E-state index in [0.29, 0.717) is 36.5 Å². The van der Waals surface area contributed by atoms with E-state index in [2.05, 4.69) is 10.6 Å². The van der Waals surface area contributed by atoms with Crippen molar-refractivity contribution in [3.8, 4) is 5.75 Å². The van der Waals surface area contributed by atoms with Crippen molar-refractivity contribution in [2.75, 3.05) is 24.3 Å². The second kappa shape index (κ2) is 7.79. The molecule has 0 unspecified atom stereocenters. The van der Waals surface area contributed by atoms with Gasteiger partial charge in [-0.25, -0.2) is 0 Å². The Morgan fingerprint density at radius 3 is 2.41 bits per heavy atom. The van der Waals surface area contributed by atoms with E-state index in [9.17, 15) is 9.59 Å². The van der Waals surface area contributed by atoms with E-state index in [1.165, 1.54) is 0 Å². The zero-order chi connectivity index (χ0) is 16.8. The van der Waals surface area contributed by atoms with Gasteiger partial charge in [0.15, 0.2) is 0 Å². The fourth-order valence-electron chi connectivity index (χ4n) is 1.65. The molecule has 0 bridgehead atoms. The van der Waals surface area contributed by atoms with Crippen molar-refractivity contribution in [2.45, 2.75) is 33.6 Å². The first-order valence-corrected chi connectivity index (χ1v) is 7.27. The third kappa shape index (κ3) is 5.37. The van der Waals surface area contributed by atoms with Crippen molar-refractivity contribution in [2.24, 2.45) is 11.1 Å². The van der Waals surface area contributed by atoms with Crippen LogP contribution < -0.4 is 21.1 Å². The van der Waals surface area contributed by atoms with E-state index in [0.717, 1.165) is 0 Å². The van der Waals surface area contributed by atoms with Gasteiger partial charge in [-0.1, -0.05) is 20.8 Å². The molecule has 0 saturated heterocycles. The third-order valence-electron chi connectivity index (χ3n) is 3.04. The number of amides is 2. The van der Waals surface area contributed by atoms with Crippen molar-refractivity contribution in [1.82, 2.24) is 0 Å². The van der Waals surface area contributed by atoms with E-state index in [4.69, 9.17) is 10.5 Å². The summed E-state index contributed by atoms with van der Waals surface area (Å²) >= 11 is 0. The van der Waals surface area contributed by atoms with Crippen LogP contribution in [0.15, 0.2) is 18.2 Å². The molecule has 4 N–H and O–H groups in total. The summed E-state index contributed by atoms with van der Waals surface area (Å²) < 4.78 is 5.16. The van der Waals surface area contributed by atoms with Gasteiger partial charge in [-0.3, -0.25) is 9.59 Å². The highest BCUT2D eigenvalue weighted by Crippen LogP contribution is 2.29. The largest absolute Gasteiger partial charge is 0.497 e. The van der Waals surface area contributed by atoms with Crippen LogP contribution in [0.1, 0.15) is 33.6 Å². The van der Waals surface area contributed by atoms with Crippen LogP contribution in [0.4, 0.5) is 11.4 Å². The third-order valence-corrected chi connectivity index (χ3v) is 3.04. The average Bonchev–Trinajstić information content (AvgIpc) is 2.45. The Labute approximate surface area is 131 Å². The molecule has 0 fully saturated rings. The molecule has 1 aromatic carbocycles. The van der Waals surface area contributed by atoms with Crippen molar-refractivity contribution < 1.29 is 14.3 Å². The molecule has 6 heteroatoms. The van der Waals surface area contributed by atoms with Crippen LogP contribution in [0.5, 0.6) is 5.75 Å². The molecule has 2 amide bonds. The van der Waals surface area contributed by atoms with Crippen LogP contribution in [0.2, 0.25) is 0 Å². The molecule has 0 spiro atoms. The van der Waals surface area contributed by atoms with Gasteiger partial charge in [-0.2, -0.15) is 0 Å². The number of ether oxygens (including phenoxy) is 1. The number of carbonyl (C=O) groups excluding carboxylic acids is 2. The minimum Gasteiger partial charge on any atom is -0.497 e. The number of hydrogen-bond acceptors (Lipinski definition) is 4. The smallest absolute Gasteiger partial charge is 0.229 e. The molecule has 0 radical (unpaired) electrons. The zero-order valence-corrected chi connectivity index (χ0v) is 13.7. The van der Waals surface area contributed by atoms with Crippen LogP contribution in [0.3, 0.4) is 0 Å². The van der Waals surface area contributed by atoms with Gasteiger partial charge < -0.3 is 21.1 Å². The van der Waals surface area contributed by atoms with E-state index in [1.807, 2.05) is 20.8 Å². The second-order valence-electron chi connectivity index (χ2n) is 6.06. The number of carbonyl (C=O) groups is 2. The van der Waals surface area contributed by atoms with Gasteiger partial charge >= 0.3 is 0 Å². The Bertz CT molecular complexity index is 536.